The van der Waals surface area contributed by atoms with Gasteiger partial charge in [-0.25, -0.2) is 4.79 Å². The zero-order chi connectivity index (χ0) is 10.9. The summed E-state index contributed by atoms with van der Waals surface area (Å²) in [5, 5.41) is 2.80. The molecule has 2 rings (SSSR count). The van der Waals surface area contributed by atoms with Gasteiger partial charge in [0.15, 0.2) is 0 Å². The molecule has 1 atom stereocenters. The third-order valence-corrected chi connectivity index (χ3v) is 2.67. The van der Waals surface area contributed by atoms with E-state index in [0.29, 0.717) is 13.2 Å². The number of benzene rings is 1. The number of cyclic esters (lactones) is 1. The summed E-state index contributed by atoms with van der Waals surface area (Å²) in [7, 11) is 0. The molecular formula is C11H14N2O2. The highest BCUT2D eigenvalue weighted by molar-refractivity contribution is 5.71. The average Bonchev–Trinajstić information content (AvgIpc) is 2.60. The van der Waals surface area contributed by atoms with E-state index in [4.69, 9.17) is 10.5 Å². The van der Waals surface area contributed by atoms with Gasteiger partial charge in [-0.1, -0.05) is 24.3 Å². The van der Waals surface area contributed by atoms with Crippen molar-refractivity contribution in [2.45, 2.75) is 19.0 Å². The predicted octanol–water partition coefficient (Wildman–Crippen LogP) is 1.10. The summed E-state index contributed by atoms with van der Waals surface area (Å²) in [6.07, 6.45) is -0.365. The summed E-state index contributed by atoms with van der Waals surface area (Å²) in [4.78, 5) is 11.0. The number of carbonyl (C=O) groups excluding carboxylic acids is 1. The van der Waals surface area contributed by atoms with E-state index in [-0.39, 0.29) is 6.09 Å². The topological polar surface area (TPSA) is 64.3 Å². The molecule has 0 bridgehead atoms. The van der Waals surface area contributed by atoms with Crippen molar-refractivity contribution in [2.75, 3.05) is 6.61 Å². The lowest BCUT2D eigenvalue weighted by Gasteiger charge is -2.21. The lowest BCUT2D eigenvalue weighted by atomic mass is 9.92. The first-order chi connectivity index (χ1) is 7.14. The van der Waals surface area contributed by atoms with E-state index in [0.717, 1.165) is 11.1 Å². The Bertz CT molecular complexity index is 392. The standard InChI is InChI=1S/C11H14N2O2/c1-11(7-15-10(14)13-11)9-4-2-3-8(5-9)6-12/h2-5H,6-7,12H2,1H3,(H,13,14). The van der Waals surface area contributed by atoms with Crippen LogP contribution >= 0.6 is 0 Å². The predicted molar refractivity (Wildman–Crippen MR) is 56.2 cm³/mol. The Balaban J connectivity index is 2.32. The van der Waals surface area contributed by atoms with E-state index in [1.807, 2.05) is 31.2 Å². The summed E-state index contributed by atoms with van der Waals surface area (Å²) in [5.74, 6) is 0. The zero-order valence-corrected chi connectivity index (χ0v) is 8.62. The molecule has 1 aliphatic rings. The van der Waals surface area contributed by atoms with Crippen molar-refractivity contribution in [1.29, 1.82) is 0 Å². The first-order valence-corrected chi connectivity index (χ1v) is 4.88. The normalized spacial score (nSPS) is 24.8. The van der Waals surface area contributed by atoms with Crippen molar-refractivity contribution in [3.05, 3.63) is 35.4 Å². The molecule has 0 radical (unpaired) electrons. The molecule has 4 heteroatoms. The van der Waals surface area contributed by atoms with E-state index >= 15 is 0 Å². The minimum absolute atomic E-state index is 0.361. The maximum absolute atomic E-state index is 11.0. The molecule has 1 unspecified atom stereocenters. The fourth-order valence-electron chi connectivity index (χ4n) is 1.70. The first-order valence-electron chi connectivity index (χ1n) is 4.88. The van der Waals surface area contributed by atoms with Gasteiger partial charge in [0.2, 0.25) is 0 Å². The molecule has 1 saturated heterocycles. The van der Waals surface area contributed by atoms with E-state index in [1.54, 1.807) is 0 Å². The summed E-state index contributed by atoms with van der Waals surface area (Å²) >= 11 is 0. The molecule has 0 saturated carbocycles. The number of ether oxygens (including phenoxy) is 1. The number of alkyl carbamates (subject to hydrolysis) is 1. The largest absolute Gasteiger partial charge is 0.447 e. The van der Waals surface area contributed by atoms with Crippen molar-refractivity contribution in [3.8, 4) is 0 Å². The Morgan fingerprint density at radius 3 is 3.00 bits per heavy atom. The van der Waals surface area contributed by atoms with Gasteiger partial charge in [0, 0.05) is 6.54 Å². The Kier molecular flexibility index (Phi) is 2.36. The number of hydrogen-bond acceptors (Lipinski definition) is 3. The molecule has 1 fully saturated rings. The SMILES string of the molecule is CC1(c2cccc(CN)c2)COC(=O)N1. The third-order valence-electron chi connectivity index (χ3n) is 2.67. The summed E-state index contributed by atoms with van der Waals surface area (Å²) in [5.41, 5.74) is 7.22. The summed E-state index contributed by atoms with van der Waals surface area (Å²) in [6.45, 7) is 2.80. The maximum Gasteiger partial charge on any atom is 0.408 e. The van der Waals surface area contributed by atoms with Gasteiger partial charge in [0.1, 0.15) is 6.61 Å². The molecule has 15 heavy (non-hydrogen) atoms. The molecule has 0 aromatic heterocycles. The molecule has 3 N–H and O–H groups in total. The van der Waals surface area contributed by atoms with Crippen LogP contribution in [0.25, 0.3) is 0 Å². The number of nitrogens with one attached hydrogen (secondary N) is 1. The second-order valence-electron chi connectivity index (χ2n) is 3.94. The van der Waals surface area contributed by atoms with Crippen molar-refractivity contribution in [2.24, 2.45) is 5.73 Å². The van der Waals surface area contributed by atoms with Gasteiger partial charge in [-0.2, -0.15) is 0 Å². The van der Waals surface area contributed by atoms with Crippen LogP contribution in [0.5, 0.6) is 0 Å². The molecule has 4 nitrogen and oxygen atoms in total. The molecule has 1 heterocycles. The average molecular weight is 206 g/mol. The highest BCUT2D eigenvalue weighted by Gasteiger charge is 2.36. The number of nitrogens with two attached hydrogens (primary N) is 1. The monoisotopic (exact) mass is 206 g/mol. The van der Waals surface area contributed by atoms with Crippen molar-refractivity contribution < 1.29 is 9.53 Å². The van der Waals surface area contributed by atoms with Gasteiger partial charge in [-0.3, -0.25) is 0 Å². The smallest absolute Gasteiger partial charge is 0.408 e. The van der Waals surface area contributed by atoms with Crippen LogP contribution in [0.3, 0.4) is 0 Å². The van der Waals surface area contributed by atoms with E-state index in [1.165, 1.54) is 0 Å². The third kappa shape index (κ3) is 1.80. The van der Waals surface area contributed by atoms with E-state index in [9.17, 15) is 4.79 Å². The number of amides is 1. The lowest BCUT2D eigenvalue weighted by Crippen LogP contribution is -2.37. The Hall–Kier alpha value is -1.55. The quantitative estimate of drug-likeness (QED) is 0.761. The molecule has 1 aliphatic heterocycles. The number of hydrogen-bond donors (Lipinski definition) is 2. The van der Waals surface area contributed by atoms with Crippen LogP contribution < -0.4 is 11.1 Å². The first kappa shape index (κ1) is 9.98. The van der Waals surface area contributed by atoms with Crippen LogP contribution in [0.2, 0.25) is 0 Å². The second kappa shape index (κ2) is 3.55. The van der Waals surface area contributed by atoms with Crippen LogP contribution in [0.15, 0.2) is 24.3 Å². The molecule has 0 aliphatic carbocycles. The van der Waals surface area contributed by atoms with Crippen molar-refractivity contribution in [3.63, 3.8) is 0 Å². The van der Waals surface area contributed by atoms with Gasteiger partial charge in [0.25, 0.3) is 0 Å². The van der Waals surface area contributed by atoms with E-state index in [2.05, 4.69) is 5.32 Å². The minimum Gasteiger partial charge on any atom is -0.447 e. The molecule has 1 amide bonds. The molecule has 1 aromatic carbocycles. The van der Waals surface area contributed by atoms with Crippen LogP contribution in [0.4, 0.5) is 4.79 Å². The fourth-order valence-corrected chi connectivity index (χ4v) is 1.70. The van der Waals surface area contributed by atoms with Gasteiger partial charge in [0.05, 0.1) is 5.54 Å². The molecular weight excluding hydrogens is 192 g/mol. The lowest BCUT2D eigenvalue weighted by molar-refractivity contribution is 0.173. The van der Waals surface area contributed by atoms with Crippen LogP contribution in [0, 0.1) is 0 Å². The van der Waals surface area contributed by atoms with Crippen molar-refractivity contribution >= 4 is 6.09 Å². The van der Waals surface area contributed by atoms with Gasteiger partial charge < -0.3 is 15.8 Å². The Morgan fingerprint density at radius 1 is 1.60 bits per heavy atom. The van der Waals surface area contributed by atoms with E-state index < -0.39 is 5.54 Å². The van der Waals surface area contributed by atoms with Gasteiger partial charge >= 0.3 is 6.09 Å². The zero-order valence-electron chi connectivity index (χ0n) is 8.62. The summed E-state index contributed by atoms with van der Waals surface area (Å²) < 4.78 is 4.92. The second-order valence-corrected chi connectivity index (χ2v) is 3.94. The highest BCUT2D eigenvalue weighted by Crippen LogP contribution is 2.25. The Morgan fingerprint density at radius 2 is 2.40 bits per heavy atom. The Labute approximate surface area is 88.4 Å². The van der Waals surface area contributed by atoms with Crippen LogP contribution in [-0.4, -0.2) is 12.7 Å². The minimum atomic E-state index is -0.428. The van der Waals surface area contributed by atoms with Crippen LogP contribution in [0.1, 0.15) is 18.1 Å². The molecule has 1 aromatic rings. The fraction of sp³-hybridized carbons (Fsp3) is 0.364. The van der Waals surface area contributed by atoms with Crippen molar-refractivity contribution in [1.82, 2.24) is 5.32 Å². The number of carbonyl (C=O) groups is 1. The highest BCUT2D eigenvalue weighted by atomic mass is 16.6. The summed E-state index contributed by atoms with van der Waals surface area (Å²) in [6, 6.07) is 7.86. The molecule has 80 valence electrons. The number of rotatable bonds is 2. The maximum atomic E-state index is 11.0. The molecule has 0 spiro atoms. The van der Waals surface area contributed by atoms with Gasteiger partial charge in [-0.05, 0) is 18.1 Å². The van der Waals surface area contributed by atoms with Crippen LogP contribution in [-0.2, 0) is 16.8 Å². The van der Waals surface area contributed by atoms with Gasteiger partial charge in [-0.15, -0.1) is 0 Å².